The highest BCUT2D eigenvalue weighted by molar-refractivity contribution is 5.19. The Kier molecular flexibility index (Phi) is 74.7. The van der Waals surface area contributed by atoms with E-state index < -0.39 is 0 Å². The third kappa shape index (κ3) is 73.8. The van der Waals surface area contributed by atoms with Gasteiger partial charge in [-0.05, 0) is 296 Å². The first-order chi connectivity index (χ1) is 50.9. The van der Waals surface area contributed by atoms with Gasteiger partial charge in [-0.2, -0.15) is 0 Å². The summed E-state index contributed by atoms with van der Waals surface area (Å²) in [6.45, 7) is 59.3. The molecule has 1 aliphatic rings. The van der Waals surface area contributed by atoms with Crippen LogP contribution in [0.15, 0.2) is 182 Å². The lowest BCUT2D eigenvalue weighted by Gasteiger charge is -2.30. The van der Waals surface area contributed by atoms with Gasteiger partial charge in [-0.3, -0.25) is 0 Å². The zero-order chi connectivity index (χ0) is 83.5. The Balaban J connectivity index is -0.000000368. The Bertz CT molecular complexity index is 2500. The van der Waals surface area contributed by atoms with Crippen LogP contribution in [0.5, 0.6) is 0 Å². The van der Waals surface area contributed by atoms with Gasteiger partial charge >= 0.3 is 0 Å². The first kappa shape index (κ1) is 112. The number of hydrogen-bond donors (Lipinski definition) is 0. The number of rotatable bonds is 28. The largest absolute Gasteiger partial charge is 0.380 e. The molecule has 0 amide bonds. The predicted molar refractivity (Wildman–Crippen MR) is 493 cm³/mol. The minimum Gasteiger partial charge on any atom is -0.380 e. The predicted octanol–water partition coefficient (Wildman–Crippen LogP) is 26.0. The van der Waals surface area contributed by atoms with E-state index in [2.05, 4.69) is 427 Å². The maximum atomic E-state index is 5.80. The molecule has 6 aromatic rings. The summed E-state index contributed by atoms with van der Waals surface area (Å²) in [5.41, 5.74) is 9.41. The number of nitrogens with zero attached hydrogens (tertiary/aromatic N) is 6. The molecule has 0 aromatic heterocycles. The molecule has 0 radical (unpaired) electrons. The van der Waals surface area contributed by atoms with E-state index in [0.29, 0.717) is 22.9 Å². The second-order valence-corrected chi connectivity index (χ2v) is 34.2. The lowest BCUT2D eigenvalue weighted by atomic mass is 9.89. The molecule has 3 atom stereocenters. The number of benzene rings is 6. The van der Waals surface area contributed by atoms with Crippen LogP contribution in [0.1, 0.15) is 244 Å². The highest BCUT2D eigenvalue weighted by Gasteiger charge is 2.18. The van der Waals surface area contributed by atoms with Crippen LogP contribution in [-0.2, 0) is 43.3 Å². The normalized spacial score (nSPS) is 12.9. The smallest absolute Gasteiger partial charge is 0.0593 e. The minimum absolute atomic E-state index is 0.333. The molecule has 7 nitrogen and oxygen atoms in total. The van der Waals surface area contributed by atoms with E-state index in [1.165, 1.54) is 124 Å². The van der Waals surface area contributed by atoms with Crippen LogP contribution in [0.25, 0.3) is 0 Å². The van der Waals surface area contributed by atoms with Crippen molar-refractivity contribution in [2.75, 3.05) is 117 Å². The molecular formula is C101H182N6O. The molecule has 7 heteroatoms. The molecule has 0 spiro atoms. The van der Waals surface area contributed by atoms with E-state index in [4.69, 9.17) is 4.74 Å². The molecule has 1 aliphatic heterocycles. The summed E-state index contributed by atoms with van der Waals surface area (Å²) < 4.78 is 5.80. The Morgan fingerprint density at radius 2 is 0.667 bits per heavy atom. The average Bonchev–Trinajstić information content (AvgIpc) is 1.13. The van der Waals surface area contributed by atoms with Gasteiger partial charge in [0, 0.05) is 30.2 Å². The van der Waals surface area contributed by atoms with Gasteiger partial charge in [0.15, 0.2) is 0 Å². The highest BCUT2D eigenvalue weighted by Crippen LogP contribution is 2.21. The molecule has 1 saturated heterocycles. The molecule has 6 aromatic carbocycles. The molecular weight excluding hydrogens is 1310 g/mol. The fraction of sp³-hybridized carbons (Fsp3) is 0.644. The van der Waals surface area contributed by atoms with E-state index >= 15 is 0 Å². The first-order valence-electron chi connectivity index (χ1n) is 42.7. The number of likely N-dealkylation sites (tertiary alicyclic amines) is 1. The standard InChI is InChI=1S/C16H27NO.C14H23N.4C11H16.C7H17N.C6H13N.C6H15N.C4H11N.2C2H6/c1-14(2)16(13-18-11-10-17(3)4)12-15-8-6-5-7-9-15;1-12(2)14(11-15(3)4)10-13-8-6-5-7-9-13;4*1-10(2)8-9-11-6-4-3-5-7-11;1-6-7(2,3)8(4)5;1-6-4-3-5-7(6)2;1-6(2,3)7(4)5;1-4-5(2)3;2*1-2/h5-9,14,16H,10-13H2,1-4H3;5-9,12,14H,10-11H2,1-4H3;4*3-7,10H,8-9H2,1-2H3;6H2,1-5H3;6H,3-5H2,1-2H3;1-5H3;4H2,1-3H3;2*1-2H3. The lowest BCUT2D eigenvalue weighted by Crippen LogP contribution is -2.36. The van der Waals surface area contributed by atoms with Crippen LogP contribution in [0.3, 0.4) is 0 Å². The van der Waals surface area contributed by atoms with Crippen molar-refractivity contribution in [3.05, 3.63) is 215 Å². The maximum Gasteiger partial charge on any atom is 0.0593 e. The van der Waals surface area contributed by atoms with Crippen LogP contribution in [0.4, 0.5) is 0 Å². The van der Waals surface area contributed by atoms with Crippen molar-refractivity contribution in [1.29, 1.82) is 0 Å². The van der Waals surface area contributed by atoms with Crippen molar-refractivity contribution in [3.8, 4) is 0 Å². The van der Waals surface area contributed by atoms with Gasteiger partial charge in [-0.15, -0.1) is 0 Å². The van der Waals surface area contributed by atoms with E-state index in [1.54, 1.807) is 0 Å². The quantitative estimate of drug-likeness (QED) is 0.0452. The van der Waals surface area contributed by atoms with E-state index in [1.807, 2.05) is 27.7 Å². The summed E-state index contributed by atoms with van der Waals surface area (Å²) in [4.78, 5) is 13.4. The van der Waals surface area contributed by atoms with Gasteiger partial charge in [0.05, 0.1) is 13.2 Å². The van der Waals surface area contributed by atoms with Gasteiger partial charge < -0.3 is 34.1 Å². The monoisotopic (exact) mass is 1500 g/mol. The van der Waals surface area contributed by atoms with Gasteiger partial charge in [0.1, 0.15) is 0 Å². The lowest BCUT2D eigenvalue weighted by molar-refractivity contribution is 0.0729. The SMILES string of the molecule is CC.CC.CC(C)C(COCCN(C)C)Cc1ccccc1.CC(C)C(Cc1ccccc1)CN(C)C.CC(C)CCc1ccccc1.CC(C)CCc1ccccc1.CC(C)CCc1ccccc1.CC(C)CCc1ccccc1.CC1CCCN1C.CCC(C)(C)N(C)C.CCN(C)C.CN(C)C(C)(C)C. The summed E-state index contributed by atoms with van der Waals surface area (Å²) in [6.07, 6.45) is 16.4. The van der Waals surface area contributed by atoms with E-state index in [9.17, 15) is 0 Å². The second kappa shape index (κ2) is 72.3. The summed E-state index contributed by atoms with van der Waals surface area (Å²) in [7, 11) is 23.2. The Labute approximate surface area is 676 Å². The van der Waals surface area contributed by atoms with Gasteiger partial charge in [0.2, 0.25) is 0 Å². The van der Waals surface area contributed by atoms with Crippen molar-refractivity contribution in [3.63, 3.8) is 0 Å². The van der Waals surface area contributed by atoms with Gasteiger partial charge in [-0.25, -0.2) is 0 Å². The molecule has 0 saturated carbocycles. The molecule has 0 N–H and O–H groups in total. The molecule has 0 aliphatic carbocycles. The third-order valence-corrected chi connectivity index (χ3v) is 19.5. The Morgan fingerprint density at radius 3 is 0.833 bits per heavy atom. The van der Waals surface area contributed by atoms with Crippen molar-refractivity contribution < 1.29 is 4.74 Å². The average molecular weight is 1500 g/mol. The van der Waals surface area contributed by atoms with Crippen molar-refractivity contribution >= 4 is 0 Å². The highest BCUT2D eigenvalue weighted by atomic mass is 16.5. The second-order valence-electron chi connectivity index (χ2n) is 34.2. The molecule has 622 valence electrons. The molecule has 1 fully saturated rings. The fourth-order valence-corrected chi connectivity index (χ4v) is 9.58. The van der Waals surface area contributed by atoms with Crippen LogP contribution >= 0.6 is 0 Å². The minimum atomic E-state index is 0.333. The van der Waals surface area contributed by atoms with Crippen molar-refractivity contribution in [2.24, 2.45) is 47.3 Å². The van der Waals surface area contributed by atoms with E-state index in [-0.39, 0.29) is 0 Å². The van der Waals surface area contributed by atoms with Crippen molar-refractivity contribution in [2.45, 2.75) is 267 Å². The zero-order valence-corrected chi connectivity index (χ0v) is 78.0. The Morgan fingerprint density at radius 1 is 0.398 bits per heavy atom. The number of likely N-dealkylation sites (N-methyl/N-ethyl adjacent to an activating group) is 1. The number of hydrogen-bond acceptors (Lipinski definition) is 7. The van der Waals surface area contributed by atoms with Crippen LogP contribution < -0.4 is 0 Å². The molecule has 0 bridgehead atoms. The first-order valence-corrected chi connectivity index (χ1v) is 42.7. The van der Waals surface area contributed by atoms with E-state index in [0.717, 1.165) is 74.3 Å². The molecule has 3 unspecified atom stereocenters. The Hall–Kier alpha value is -4.96. The van der Waals surface area contributed by atoms with Crippen LogP contribution in [0, 0.1) is 47.3 Å². The van der Waals surface area contributed by atoms with Gasteiger partial charge in [-0.1, -0.05) is 307 Å². The zero-order valence-electron chi connectivity index (χ0n) is 78.0. The number of aryl methyl sites for hydroxylation is 4. The summed E-state index contributed by atoms with van der Waals surface area (Å²) in [5, 5.41) is 0. The fourth-order valence-electron chi connectivity index (χ4n) is 9.58. The number of ether oxygens (including phenoxy) is 1. The van der Waals surface area contributed by atoms with Crippen LogP contribution in [0.2, 0.25) is 0 Å². The van der Waals surface area contributed by atoms with Crippen molar-refractivity contribution in [1.82, 2.24) is 29.4 Å². The molecule has 108 heavy (non-hydrogen) atoms. The summed E-state index contributed by atoms with van der Waals surface area (Å²) in [6, 6.07) is 65.0. The van der Waals surface area contributed by atoms with Gasteiger partial charge in [0.25, 0.3) is 0 Å². The van der Waals surface area contributed by atoms with Crippen LogP contribution in [-0.4, -0.2) is 163 Å². The maximum absolute atomic E-state index is 5.80. The third-order valence-electron chi connectivity index (χ3n) is 19.5. The topological polar surface area (TPSA) is 28.7 Å². The molecule has 1 heterocycles. The molecule has 7 rings (SSSR count). The summed E-state index contributed by atoms with van der Waals surface area (Å²) >= 11 is 0. The summed E-state index contributed by atoms with van der Waals surface area (Å²) in [5.74, 6) is 6.02.